The van der Waals surface area contributed by atoms with Gasteiger partial charge in [0, 0.05) is 13.7 Å². The van der Waals surface area contributed by atoms with Gasteiger partial charge in [-0.05, 0) is 0 Å². The molecule has 5 nitrogen and oxygen atoms in total. The summed E-state index contributed by atoms with van der Waals surface area (Å²) in [6, 6.07) is 0. The molecule has 0 amide bonds. The number of ether oxygens (including phenoxy) is 2. The van der Waals surface area contributed by atoms with E-state index in [9.17, 15) is 10.2 Å². The minimum atomic E-state index is -0.932. The predicted octanol–water partition coefficient (Wildman–Crippen LogP) is -1.16. The van der Waals surface area contributed by atoms with Crippen LogP contribution in [0.1, 0.15) is 0 Å². The number of aliphatic hydroxyl groups is 2. The third-order valence-corrected chi connectivity index (χ3v) is 3.41. The average Bonchev–Trinajstić information content (AvgIpc) is 2.15. The summed E-state index contributed by atoms with van der Waals surface area (Å²) in [7, 11) is 1.49. The zero-order chi connectivity index (χ0) is 10.0. The van der Waals surface area contributed by atoms with Gasteiger partial charge in [0.15, 0.2) is 6.29 Å². The number of halogens is 1. The SMILES string of the molecule is COC1OC(CN)C(O)C(O)C1I. The van der Waals surface area contributed by atoms with Crippen LogP contribution in [0.3, 0.4) is 0 Å². The molecule has 5 atom stereocenters. The minimum absolute atomic E-state index is 0.168. The second-order valence-electron chi connectivity index (χ2n) is 2.94. The molecule has 1 fully saturated rings. The first kappa shape index (κ1) is 11.6. The van der Waals surface area contributed by atoms with E-state index >= 15 is 0 Å². The third-order valence-electron chi connectivity index (χ3n) is 2.09. The number of methoxy groups -OCH3 is 1. The molecular weight excluding hydrogens is 289 g/mol. The summed E-state index contributed by atoms with van der Waals surface area (Å²) in [5.41, 5.74) is 5.36. The van der Waals surface area contributed by atoms with Crippen LogP contribution in [-0.2, 0) is 9.47 Å². The molecule has 0 aromatic rings. The van der Waals surface area contributed by atoms with E-state index in [0.717, 1.165) is 0 Å². The highest BCUT2D eigenvalue weighted by Crippen LogP contribution is 2.26. The molecule has 78 valence electrons. The lowest BCUT2D eigenvalue weighted by molar-refractivity contribution is -0.231. The Morgan fingerprint density at radius 1 is 1.46 bits per heavy atom. The molecule has 0 bridgehead atoms. The van der Waals surface area contributed by atoms with Crippen LogP contribution in [0.25, 0.3) is 0 Å². The maximum Gasteiger partial charge on any atom is 0.172 e. The van der Waals surface area contributed by atoms with Gasteiger partial charge in [-0.3, -0.25) is 0 Å². The fourth-order valence-electron chi connectivity index (χ4n) is 1.28. The van der Waals surface area contributed by atoms with E-state index in [-0.39, 0.29) is 10.5 Å². The number of aliphatic hydroxyl groups excluding tert-OH is 2. The summed E-state index contributed by atoms with van der Waals surface area (Å²) < 4.78 is 10.0. The van der Waals surface area contributed by atoms with Crippen LogP contribution in [0.15, 0.2) is 0 Å². The van der Waals surface area contributed by atoms with E-state index in [0.29, 0.717) is 0 Å². The van der Waals surface area contributed by atoms with Crippen LogP contribution in [0.5, 0.6) is 0 Å². The number of hydrogen-bond donors (Lipinski definition) is 3. The van der Waals surface area contributed by atoms with E-state index in [1.807, 2.05) is 22.6 Å². The highest BCUT2D eigenvalue weighted by molar-refractivity contribution is 14.1. The van der Waals surface area contributed by atoms with E-state index < -0.39 is 24.6 Å². The fraction of sp³-hybridized carbons (Fsp3) is 1.00. The molecule has 1 aliphatic heterocycles. The third kappa shape index (κ3) is 2.31. The molecular formula is C7H14INO4. The molecule has 4 N–H and O–H groups in total. The first-order chi connectivity index (χ1) is 6.11. The molecule has 1 rings (SSSR count). The van der Waals surface area contributed by atoms with Crippen LogP contribution >= 0.6 is 22.6 Å². The van der Waals surface area contributed by atoms with Gasteiger partial charge in [-0.2, -0.15) is 0 Å². The first-order valence-electron chi connectivity index (χ1n) is 4.00. The summed E-state index contributed by atoms with van der Waals surface area (Å²) in [6.45, 7) is 0.168. The molecule has 0 aromatic carbocycles. The van der Waals surface area contributed by atoms with Crippen molar-refractivity contribution in [1.29, 1.82) is 0 Å². The Balaban J connectivity index is 2.66. The Morgan fingerprint density at radius 3 is 2.54 bits per heavy atom. The van der Waals surface area contributed by atoms with Crippen molar-refractivity contribution in [2.45, 2.75) is 28.5 Å². The lowest BCUT2D eigenvalue weighted by Crippen LogP contribution is -2.57. The molecule has 5 unspecified atom stereocenters. The molecule has 0 radical (unpaired) electrons. The molecule has 1 aliphatic rings. The van der Waals surface area contributed by atoms with Crippen LogP contribution in [0.4, 0.5) is 0 Å². The molecule has 0 spiro atoms. The number of hydrogen-bond acceptors (Lipinski definition) is 5. The Kier molecular flexibility index (Phi) is 4.33. The van der Waals surface area contributed by atoms with E-state index in [2.05, 4.69) is 0 Å². The Hall–Kier alpha value is 0.530. The number of alkyl halides is 1. The molecule has 0 saturated carbocycles. The summed E-state index contributed by atoms with van der Waals surface area (Å²) in [6.07, 6.45) is -2.84. The molecule has 6 heteroatoms. The van der Waals surface area contributed by atoms with Gasteiger partial charge in [-0.25, -0.2) is 0 Å². The van der Waals surface area contributed by atoms with Crippen molar-refractivity contribution in [2.75, 3.05) is 13.7 Å². The highest BCUT2D eigenvalue weighted by Gasteiger charge is 2.42. The van der Waals surface area contributed by atoms with Crippen molar-refractivity contribution < 1.29 is 19.7 Å². The highest BCUT2D eigenvalue weighted by atomic mass is 127. The van der Waals surface area contributed by atoms with Crippen LogP contribution in [-0.4, -0.2) is 52.4 Å². The number of rotatable bonds is 2. The maximum atomic E-state index is 9.58. The van der Waals surface area contributed by atoms with Gasteiger partial charge in [0.2, 0.25) is 0 Å². The van der Waals surface area contributed by atoms with Crippen LogP contribution in [0.2, 0.25) is 0 Å². The predicted molar refractivity (Wildman–Crippen MR) is 54.5 cm³/mol. The van der Waals surface area contributed by atoms with Gasteiger partial charge < -0.3 is 25.4 Å². The zero-order valence-corrected chi connectivity index (χ0v) is 9.42. The van der Waals surface area contributed by atoms with Crippen molar-refractivity contribution in [3.63, 3.8) is 0 Å². The van der Waals surface area contributed by atoms with E-state index in [1.165, 1.54) is 7.11 Å². The normalized spacial score (nSPS) is 46.4. The second kappa shape index (κ2) is 4.85. The fourth-order valence-corrected chi connectivity index (χ4v) is 2.17. The standard InChI is InChI=1S/C7H14INO4/c1-12-7-4(8)6(11)5(10)3(2-9)13-7/h3-7,10-11H,2,9H2,1H3. The quantitative estimate of drug-likeness (QED) is 0.443. The monoisotopic (exact) mass is 303 g/mol. The maximum absolute atomic E-state index is 9.58. The summed E-state index contributed by atoms with van der Waals surface area (Å²) in [4.78, 5) is 0. The largest absolute Gasteiger partial charge is 0.389 e. The molecule has 13 heavy (non-hydrogen) atoms. The minimum Gasteiger partial charge on any atom is -0.389 e. The second-order valence-corrected chi connectivity index (χ2v) is 4.38. The van der Waals surface area contributed by atoms with Gasteiger partial charge >= 0.3 is 0 Å². The molecule has 0 aliphatic carbocycles. The lowest BCUT2D eigenvalue weighted by atomic mass is 10.0. The van der Waals surface area contributed by atoms with Gasteiger partial charge in [-0.1, -0.05) is 22.6 Å². The van der Waals surface area contributed by atoms with Crippen molar-refractivity contribution in [2.24, 2.45) is 5.73 Å². The Morgan fingerprint density at radius 2 is 2.08 bits per heavy atom. The molecule has 1 saturated heterocycles. The first-order valence-corrected chi connectivity index (χ1v) is 5.25. The molecule has 1 heterocycles. The lowest BCUT2D eigenvalue weighted by Gasteiger charge is -2.39. The van der Waals surface area contributed by atoms with Crippen molar-refractivity contribution in [3.8, 4) is 0 Å². The Bertz CT molecular complexity index is 151. The zero-order valence-electron chi connectivity index (χ0n) is 7.26. The van der Waals surface area contributed by atoms with Crippen LogP contribution in [0, 0.1) is 0 Å². The summed E-state index contributed by atoms with van der Waals surface area (Å²) >= 11 is 1.99. The van der Waals surface area contributed by atoms with Gasteiger partial charge in [0.25, 0.3) is 0 Å². The van der Waals surface area contributed by atoms with Crippen LogP contribution < -0.4 is 5.73 Å². The van der Waals surface area contributed by atoms with Crippen molar-refractivity contribution >= 4 is 22.6 Å². The average molecular weight is 303 g/mol. The topological polar surface area (TPSA) is 84.9 Å². The molecule has 0 aromatic heterocycles. The van der Waals surface area contributed by atoms with Crippen molar-refractivity contribution in [3.05, 3.63) is 0 Å². The summed E-state index contributed by atoms with van der Waals surface area (Å²) in [5.74, 6) is 0. The smallest absolute Gasteiger partial charge is 0.172 e. The van der Waals surface area contributed by atoms with E-state index in [4.69, 9.17) is 15.2 Å². The van der Waals surface area contributed by atoms with Crippen molar-refractivity contribution in [1.82, 2.24) is 0 Å². The van der Waals surface area contributed by atoms with Gasteiger partial charge in [-0.15, -0.1) is 0 Å². The summed E-state index contributed by atoms with van der Waals surface area (Å²) in [5, 5.41) is 19.1. The van der Waals surface area contributed by atoms with E-state index in [1.54, 1.807) is 0 Å². The van der Waals surface area contributed by atoms with Gasteiger partial charge in [0.05, 0.1) is 10.0 Å². The Labute approximate surface area is 90.3 Å². The number of nitrogens with two attached hydrogens (primary N) is 1. The van der Waals surface area contributed by atoms with Gasteiger partial charge in [0.1, 0.15) is 12.2 Å².